The number of hydrogen-bond acceptors (Lipinski definition) is 2. The number of nitrogens with zero attached hydrogens (tertiary/aromatic N) is 1. The van der Waals surface area contributed by atoms with Crippen molar-refractivity contribution in [3.8, 4) is 0 Å². The Bertz CT molecular complexity index is 611. The van der Waals surface area contributed by atoms with Crippen LogP contribution in [-0.4, -0.2) is 35.8 Å². The SMILES string of the molecule is Cc1ccc(CCN2C[C@H](C(=O)N[C@@H]3CCCC[C@H]3C)CC2=O)cc1. The Kier molecular flexibility index (Phi) is 5.77. The topological polar surface area (TPSA) is 49.4 Å². The van der Waals surface area contributed by atoms with Crippen LogP contribution in [0.3, 0.4) is 0 Å². The summed E-state index contributed by atoms with van der Waals surface area (Å²) in [5.74, 6) is 0.556. The van der Waals surface area contributed by atoms with Gasteiger partial charge in [0.1, 0.15) is 0 Å². The van der Waals surface area contributed by atoms with Gasteiger partial charge in [-0.25, -0.2) is 0 Å². The number of aryl methyl sites for hydroxylation is 1. The third-order valence-electron chi connectivity index (χ3n) is 5.82. The van der Waals surface area contributed by atoms with E-state index < -0.39 is 0 Å². The van der Waals surface area contributed by atoms with Crippen LogP contribution in [0.5, 0.6) is 0 Å². The minimum absolute atomic E-state index is 0.0740. The Morgan fingerprint density at radius 1 is 1.20 bits per heavy atom. The van der Waals surface area contributed by atoms with Crippen molar-refractivity contribution in [3.05, 3.63) is 35.4 Å². The zero-order valence-corrected chi connectivity index (χ0v) is 15.5. The van der Waals surface area contributed by atoms with Gasteiger partial charge >= 0.3 is 0 Å². The Hall–Kier alpha value is -1.84. The van der Waals surface area contributed by atoms with Gasteiger partial charge in [0.2, 0.25) is 11.8 Å². The summed E-state index contributed by atoms with van der Waals surface area (Å²) in [6, 6.07) is 8.72. The molecule has 1 N–H and O–H groups in total. The number of likely N-dealkylation sites (tertiary alicyclic amines) is 1. The molecule has 1 aromatic carbocycles. The van der Waals surface area contributed by atoms with Gasteiger partial charge in [-0.15, -0.1) is 0 Å². The van der Waals surface area contributed by atoms with Crippen LogP contribution in [0.15, 0.2) is 24.3 Å². The normalized spacial score (nSPS) is 26.7. The second-order valence-corrected chi connectivity index (χ2v) is 7.85. The second kappa shape index (κ2) is 8.03. The zero-order valence-electron chi connectivity index (χ0n) is 15.5. The molecule has 0 aromatic heterocycles. The summed E-state index contributed by atoms with van der Waals surface area (Å²) >= 11 is 0. The number of amides is 2. The minimum atomic E-state index is -0.181. The summed E-state index contributed by atoms with van der Waals surface area (Å²) in [6.07, 6.45) is 5.94. The van der Waals surface area contributed by atoms with Crippen molar-refractivity contribution < 1.29 is 9.59 Å². The Labute approximate surface area is 151 Å². The van der Waals surface area contributed by atoms with Gasteiger partial charge in [-0.1, -0.05) is 49.6 Å². The largest absolute Gasteiger partial charge is 0.353 e. The molecule has 3 rings (SSSR count). The van der Waals surface area contributed by atoms with E-state index in [0.29, 0.717) is 25.4 Å². The molecule has 1 saturated heterocycles. The van der Waals surface area contributed by atoms with E-state index in [9.17, 15) is 9.59 Å². The maximum Gasteiger partial charge on any atom is 0.225 e. The molecule has 4 heteroatoms. The van der Waals surface area contributed by atoms with Crippen LogP contribution < -0.4 is 5.32 Å². The molecule has 2 fully saturated rings. The second-order valence-electron chi connectivity index (χ2n) is 7.85. The van der Waals surface area contributed by atoms with Crippen molar-refractivity contribution in [1.82, 2.24) is 10.2 Å². The Balaban J connectivity index is 1.49. The number of hydrogen-bond donors (Lipinski definition) is 1. The van der Waals surface area contributed by atoms with E-state index in [1.807, 2.05) is 4.90 Å². The van der Waals surface area contributed by atoms with E-state index in [4.69, 9.17) is 0 Å². The van der Waals surface area contributed by atoms with Gasteiger partial charge in [0.25, 0.3) is 0 Å². The lowest BCUT2D eigenvalue weighted by Gasteiger charge is -2.30. The lowest BCUT2D eigenvalue weighted by Crippen LogP contribution is -2.44. The van der Waals surface area contributed by atoms with Gasteiger partial charge in [0.05, 0.1) is 5.92 Å². The summed E-state index contributed by atoms with van der Waals surface area (Å²) in [6.45, 7) is 5.56. The predicted octanol–water partition coefficient (Wildman–Crippen LogP) is 3.08. The van der Waals surface area contributed by atoms with Gasteiger partial charge < -0.3 is 10.2 Å². The number of carbonyl (C=O) groups excluding carboxylic acids is 2. The van der Waals surface area contributed by atoms with Gasteiger partial charge in [-0.2, -0.15) is 0 Å². The van der Waals surface area contributed by atoms with Crippen LogP contribution in [0.25, 0.3) is 0 Å². The van der Waals surface area contributed by atoms with Crippen LogP contribution in [0.2, 0.25) is 0 Å². The molecule has 25 heavy (non-hydrogen) atoms. The molecular formula is C21H30N2O2. The average Bonchev–Trinajstić information content (AvgIpc) is 2.97. The fourth-order valence-electron chi connectivity index (χ4n) is 4.01. The number of rotatable bonds is 5. The minimum Gasteiger partial charge on any atom is -0.353 e. The van der Waals surface area contributed by atoms with Crippen molar-refractivity contribution in [3.63, 3.8) is 0 Å². The number of nitrogens with one attached hydrogen (secondary N) is 1. The molecule has 2 aliphatic rings. The average molecular weight is 342 g/mol. The predicted molar refractivity (Wildman–Crippen MR) is 99.1 cm³/mol. The first-order valence-corrected chi connectivity index (χ1v) is 9.66. The highest BCUT2D eigenvalue weighted by atomic mass is 16.2. The summed E-state index contributed by atoms with van der Waals surface area (Å²) in [5, 5.41) is 3.21. The molecule has 1 aromatic rings. The Morgan fingerprint density at radius 2 is 1.92 bits per heavy atom. The monoisotopic (exact) mass is 342 g/mol. The molecule has 1 aliphatic carbocycles. The highest BCUT2D eigenvalue weighted by Crippen LogP contribution is 2.25. The molecule has 3 atom stereocenters. The molecule has 4 nitrogen and oxygen atoms in total. The van der Waals surface area contributed by atoms with E-state index in [0.717, 1.165) is 12.8 Å². The van der Waals surface area contributed by atoms with E-state index in [-0.39, 0.29) is 23.8 Å². The van der Waals surface area contributed by atoms with Crippen LogP contribution >= 0.6 is 0 Å². The molecule has 1 heterocycles. The van der Waals surface area contributed by atoms with Crippen molar-refractivity contribution in [2.45, 2.75) is 58.4 Å². The van der Waals surface area contributed by atoms with Crippen molar-refractivity contribution in [1.29, 1.82) is 0 Å². The first kappa shape index (κ1) is 18.0. The molecule has 0 unspecified atom stereocenters. The van der Waals surface area contributed by atoms with Crippen molar-refractivity contribution >= 4 is 11.8 Å². The summed E-state index contributed by atoms with van der Waals surface area (Å²) in [4.78, 5) is 26.7. The lowest BCUT2D eigenvalue weighted by molar-refractivity contribution is -0.129. The summed E-state index contributed by atoms with van der Waals surface area (Å²) in [7, 11) is 0. The van der Waals surface area contributed by atoms with Gasteiger partial charge in [0, 0.05) is 25.6 Å². The standard InChI is InChI=1S/C21H30N2O2/c1-15-7-9-17(10-8-15)11-12-23-14-18(13-20(23)24)21(25)22-19-6-4-3-5-16(19)2/h7-10,16,18-19H,3-6,11-14H2,1-2H3,(H,22,25)/t16-,18-,19-/m1/s1. The van der Waals surface area contributed by atoms with Crippen LogP contribution in [0.4, 0.5) is 0 Å². The van der Waals surface area contributed by atoms with Gasteiger partial charge in [-0.05, 0) is 37.7 Å². The maximum absolute atomic E-state index is 12.6. The van der Waals surface area contributed by atoms with Crippen LogP contribution in [0, 0.1) is 18.8 Å². The third-order valence-corrected chi connectivity index (χ3v) is 5.82. The molecule has 1 aliphatic heterocycles. The molecule has 136 valence electrons. The molecule has 0 radical (unpaired) electrons. The van der Waals surface area contributed by atoms with Crippen molar-refractivity contribution in [2.75, 3.05) is 13.1 Å². The fourth-order valence-corrected chi connectivity index (χ4v) is 4.01. The molecule has 0 spiro atoms. The van der Waals surface area contributed by atoms with E-state index in [1.165, 1.54) is 30.4 Å². The van der Waals surface area contributed by atoms with Gasteiger partial charge in [0.15, 0.2) is 0 Å². The molecule has 0 bridgehead atoms. The summed E-state index contributed by atoms with van der Waals surface area (Å²) in [5.41, 5.74) is 2.48. The maximum atomic E-state index is 12.6. The smallest absolute Gasteiger partial charge is 0.225 e. The number of carbonyl (C=O) groups is 2. The van der Waals surface area contributed by atoms with E-state index in [1.54, 1.807) is 0 Å². The first-order valence-electron chi connectivity index (χ1n) is 9.66. The van der Waals surface area contributed by atoms with E-state index in [2.05, 4.69) is 43.4 Å². The van der Waals surface area contributed by atoms with Crippen molar-refractivity contribution in [2.24, 2.45) is 11.8 Å². The van der Waals surface area contributed by atoms with E-state index >= 15 is 0 Å². The van der Waals surface area contributed by atoms with Crippen LogP contribution in [-0.2, 0) is 16.0 Å². The first-order chi connectivity index (χ1) is 12.0. The zero-order chi connectivity index (χ0) is 17.8. The highest BCUT2D eigenvalue weighted by molar-refractivity contribution is 5.89. The molecular weight excluding hydrogens is 312 g/mol. The van der Waals surface area contributed by atoms with Crippen LogP contribution in [0.1, 0.15) is 50.2 Å². The lowest BCUT2D eigenvalue weighted by atomic mass is 9.85. The molecule has 2 amide bonds. The quantitative estimate of drug-likeness (QED) is 0.894. The highest BCUT2D eigenvalue weighted by Gasteiger charge is 2.35. The number of benzene rings is 1. The Morgan fingerprint density at radius 3 is 2.64 bits per heavy atom. The summed E-state index contributed by atoms with van der Waals surface area (Å²) < 4.78 is 0. The fraction of sp³-hybridized carbons (Fsp3) is 0.619. The van der Waals surface area contributed by atoms with Gasteiger partial charge in [-0.3, -0.25) is 9.59 Å². The molecule has 1 saturated carbocycles. The third kappa shape index (κ3) is 4.62.